The summed E-state index contributed by atoms with van der Waals surface area (Å²) in [6.07, 6.45) is 3.84. The topological polar surface area (TPSA) is 95.1 Å². The minimum absolute atomic E-state index is 0.0495. The molecule has 1 amide bonds. The summed E-state index contributed by atoms with van der Waals surface area (Å²) in [6, 6.07) is 6.07. The van der Waals surface area contributed by atoms with Crippen LogP contribution in [0.5, 0.6) is 0 Å². The molecule has 0 spiro atoms. The minimum atomic E-state index is -3.54. The summed E-state index contributed by atoms with van der Waals surface area (Å²) in [5.41, 5.74) is 0.409. The Morgan fingerprint density at radius 3 is 1.86 bits per heavy atom. The Bertz CT molecular complexity index is 913. The third-order valence-electron chi connectivity index (χ3n) is 5.59. The van der Waals surface area contributed by atoms with Gasteiger partial charge in [-0.05, 0) is 44.0 Å². The average Bonchev–Trinajstić information content (AvgIpc) is 3.03. The highest BCUT2D eigenvalue weighted by atomic mass is 32.2. The lowest BCUT2D eigenvalue weighted by Crippen LogP contribution is -2.50. The monoisotopic (exact) mass is 443 g/mol. The van der Waals surface area contributed by atoms with Crippen molar-refractivity contribution in [2.75, 3.05) is 45.0 Å². The summed E-state index contributed by atoms with van der Waals surface area (Å²) in [5.74, 6) is -0.161. The Kier molecular flexibility index (Phi) is 6.98. The molecule has 1 aromatic carbocycles. The summed E-state index contributed by atoms with van der Waals surface area (Å²) in [4.78, 5) is 14.5. The molecule has 2 saturated heterocycles. The van der Waals surface area contributed by atoms with Gasteiger partial charge in [0.05, 0.1) is 10.6 Å². The smallest absolute Gasteiger partial charge is 0.253 e. The van der Waals surface area contributed by atoms with Crippen molar-refractivity contribution in [1.29, 1.82) is 0 Å². The third-order valence-corrected chi connectivity index (χ3v) is 9.38. The molecular weight excluding hydrogens is 414 g/mol. The molecule has 0 aliphatic carbocycles. The number of hydrogen-bond acceptors (Lipinski definition) is 5. The fourth-order valence-electron chi connectivity index (χ4n) is 3.74. The van der Waals surface area contributed by atoms with Gasteiger partial charge in [-0.25, -0.2) is 16.8 Å². The summed E-state index contributed by atoms with van der Waals surface area (Å²) in [6.45, 7) is 3.89. The lowest BCUT2D eigenvalue weighted by Gasteiger charge is -2.33. The predicted molar refractivity (Wildman–Crippen MR) is 111 cm³/mol. The van der Waals surface area contributed by atoms with Crippen molar-refractivity contribution in [3.63, 3.8) is 0 Å². The fraction of sp³-hybridized carbons (Fsp3) is 0.632. The number of nitrogens with zero attached hydrogens (tertiary/aromatic N) is 3. The zero-order valence-corrected chi connectivity index (χ0v) is 18.4. The molecule has 0 unspecified atom stereocenters. The molecule has 3 rings (SSSR count). The van der Waals surface area contributed by atoms with Crippen molar-refractivity contribution in [2.45, 2.75) is 37.5 Å². The van der Waals surface area contributed by atoms with Crippen molar-refractivity contribution < 1.29 is 21.6 Å². The predicted octanol–water partition coefficient (Wildman–Crippen LogP) is 1.36. The molecule has 0 aromatic heterocycles. The highest BCUT2D eigenvalue weighted by molar-refractivity contribution is 7.89. The van der Waals surface area contributed by atoms with E-state index in [9.17, 15) is 21.6 Å². The number of hydrogen-bond donors (Lipinski definition) is 0. The second-order valence-corrected chi connectivity index (χ2v) is 11.6. The number of amides is 1. The zero-order valence-electron chi connectivity index (χ0n) is 16.8. The van der Waals surface area contributed by atoms with Gasteiger partial charge in [-0.1, -0.05) is 12.8 Å². The number of sulfonamides is 2. The van der Waals surface area contributed by atoms with Crippen LogP contribution in [0.15, 0.2) is 29.2 Å². The summed E-state index contributed by atoms with van der Waals surface area (Å²) in [7, 11) is -6.79. The summed E-state index contributed by atoms with van der Waals surface area (Å²) >= 11 is 0. The van der Waals surface area contributed by atoms with Crippen LogP contribution in [0, 0.1) is 0 Å². The normalized spacial score (nSPS) is 20.4. The molecular formula is C19H29N3O5S2. The van der Waals surface area contributed by atoms with Crippen molar-refractivity contribution in [2.24, 2.45) is 0 Å². The first-order chi connectivity index (χ1) is 13.8. The molecule has 2 aliphatic rings. The number of carbonyl (C=O) groups is 1. The van der Waals surface area contributed by atoms with Gasteiger partial charge in [-0.2, -0.15) is 8.61 Å². The van der Waals surface area contributed by atoms with E-state index in [2.05, 4.69) is 0 Å². The Balaban J connectivity index is 1.66. The van der Waals surface area contributed by atoms with Gasteiger partial charge in [0.25, 0.3) is 5.91 Å². The van der Waals surface area contributed by atoms with Crippen molar-refractivity contribution >= 4 is 26.0 Å². The summed E-state index contributed by atoms with van der Waals surface area (Å²) < 4.78 is 52.5. The van der Waals surface area contributed by atoms with E-state index in [1.165, 1.54) is 20.7 Å². The van der Waals surface area contributed by atoms with Gasteiger partial charge in [0, 0.05) is 44.8 Å². The standard InChI is InChI=1S/C19H29N3O5S2/c1-2-28(24,25)21-15-13-20(14-16-21)19(23)17-7-9-18(10-8-17)29(26,27)22-11-5-3-4-6-12-22/h7-10H,2-6,11-16H2,1H3. The second kappa shape index (κ2) is 9.11. The molecule has 10 heteroatoms. The summed E-state index contributed by atoms with van der Waals surface area (Å²) in [5, 5.41) is 0. The van der Waals surface area contributed by atoms with Gasteiger partial charge in [-0.3, -0.25) is 4.79 Å². The van der Waals surface area contributed by atoms with Gasteiger partial charge in [0.1, 0.15) is 0 Å². The largest absolute Gasteiger partial charge is 0.336 e. The van der Waals surface area contributed by atoms with E-state index in [0.717, 1.165) is 25.7 Å². The molecule has 0 radical (unpaired) electrons. The van der Waals surface area contributed by atoms with E-state index in [0.29, 0.717) is 31.7 Å². The van der Waals surface area contributed by atoms with E-state index in [1.807, 2.05) is 0 Å². The Morgan fingerprint density at radius 1 is 0.793 bits per heavy atom. The van der Waals surface area contributed by atoms with E-state index < -0.39 is 20.0 Å². The first-order valence-electron chi connectivity index (χ1n) is 10.1. The molecule has 0 atom stereocenters. The second-order valence-electron chi connectivity index (χ2n) is 7.43. The zero-order chi connectivity index (χ0) is 21.1. The van der Waals surface area contributed by atoms with Crippen LogP contribution in [0.25, 0.3) is 0 Å². The van der Waals surface area contributed by atoms with E-state index >= 15 is 0 Å². The Morgan fingerprint density at radius 2 is 1.34 bits per heavy atom. The van der Waals surface area contributed by atoms with Crippen LogP contribution in [-0.4, -0.2) is 81.3 Å². The molecule has 2 aliphatic heterocycles. The SMILES string of the molecule is CCS(=O)(=O)N1CCN(C(=O)c2ccc(S(=O)(=O)N3CCCCCC3)cc2)CC1. The van der Waals surface area contributed by atoms with Crippen LogP contribution < -0.4 is 0 Å². The van der Waals surface area contributed by atoms with Crippen LogP contribution >= 0.6 is 0 Å². The van der Waals surface area contributed by atoms with E-state index in [1.54, 1.807) is 24.0 Å². The van der Waals surface area contributed by atoms with Crippen LogP contribution in [0.1, 0.15) is 43.0 Å². The van der Waals surface area contributed by atoms with Gasteiger partial charge in [0.15, 0.2) is 0 Å². The highest BCUT2D eigenvalue weighted by Crippen LogP contribution is 2.21. The maximum Gasteiger partial charge on any atom is 0.253 e. The molecule has 29 heavy (non-hydrogen) atoms. The molecule has 162 valence electrons. The number of carbonyl (C=O) groups excluding carboxylic acids is 1. The Hall–Kier alpha value is -1.49. The average molecular weight is 444 g/mol. The third kappa shape index (κ3) is 4.99. The highest BCUT2D eigenvalue weighted by Gasteiger charge is 2.29. The minimum Gasteiger partial charge on any atom is -0.336 e. The van der Waals surface area contributed by atoms with Crippen molar-refractivity contribution in [1.82, 2.24) is 13.5 Å². The molecule has 0 saturated carbocycles. The number of piperazine rings is 1. The van der Waals surface area contributed by atoms with Gasteiger partial charge in [-0.15, -0.1) is 0 Å². The molecule has 0 bridgehead atoms. The number of benzene rings is 1. The first-order valence-corrected chi connectivity index (χ1v) is 13.2. The van der Waals surface area contributed by atoms with Gasteiger partial charge < -0.3 is 4.90 Å². The molecule has 0 N–H and O–H groups in total. The lowest BCUT2D eigenvalue weighted by molar-refractivity contribution is 0.0698. The van der Waals surface area contributed by atoms with Crippen molar-refractivity contribution in [3.05, 3.63) is 29.8 Å². The van der Waals surface area contributed by atoms with Gasteiger partial charge in [0.2, 0.25) is 20.0 Å². The van der Waals surface area contributed by atoms with Gasteiger partial charge >= 0.3 is 0 Å². The first kappa shape index (κ1) is 22.2. The molecule has 1 aromatic rings. The number of rotatable bonds is 5. The van der Waals surface area contributed by atoms with E-state index in [-0.39, 0.29) is 29.6 Å². The Labute approximate surface area is 173 Å². The van der Waals surface area contributed by atoms with Crippen LogP contribution in [0.4, 0.5) is 0 Å². The van der Waals surface area contributed by atoms with Crippen LogP contribution in [0.3, 0.4) is 0 Å². The van der Waals surface area contributed by atoms with Crippen LogP contribution in [-0.2, 0) is 20.0 Å². The van der Waals surface area contributed by atoms with Crippen molar-refractivity contribution in [3.8, 4) is 0 Å². The van der Waals surface area contributed by atoms with Crippen LogP contribution in [0.2, 0.25) is 0 Å². The maximum absolute atomic E-state index is 12.8. The van der Waals surface area contributed by atoms with E-state index in [4.69, 9.17) is 0 Å². The fourth-order valence-corrected chi connectivity index (χ4v) is 6.34. The maximum atomic E-state index is 12.8. The quantitative estimate of drug-likeness (QED) is 0.685. The lowest BCUT2D eigenvalue weighted by atomic mass is 10.2. The molecule has 2 fully saturated rings. The molecule has 8 nitrogen and oxygen atoms in total. The molecule has 2 heterocycles.